The Balaban J connectivity index is 2.16. The number of amides is 1. The van der Waals surface area contributed by atoms with Crippen molar-refractivity contribution >= 4 is 40.8 Å². The first-order valence-electron chi connectivity index (χ1n) is 4.10. The standard InChI is InChI=1S/C7H8N6OS/c8-3(14)1-15-6-4-5(11-2-10-4)12-7(9)13-6/h2,4H,1H2,(H2,8,14)(H2,9,10,11,12). The Morgan fingerprint density at radius 2 is 2.33 bits per heavy atom. The van der Waals surface area contributed by atoms with E-state index in [1.807, 2.05) is 0 Å². The van der Waals surface area contributed by atoms with Gasteiger partial charge in [0, 0.05) is 0 Å². The summed E-state index contributed by atoms with van der Waals surface area (Å²) in [6.07, 6.45) is 1.41. The molecule has 1 atom stereocenters. The first kappa shape index (κ1) is 9.84. The van der Waals surface area contributed by atoms with Gasteiger partial charge < -0.3 is 11.5 Å². The summed E-state index contributed by atoms with van der Waals surface area (Å²) in [7, 11) is 0. The lowest BCUT2D eigenvalue weighted by atomic mass is 10.3. The van der Waals surface area contributed by atoms with Crippen molar-refractivity contribution in [3.05, 3.63) is 0 Å². The van der Waals surface area contributed by atoms with Crippen molar-refractivity contribution in [2.45, 2.75) is 6.04 Å². The van der Waals surface area contributed by atoms with Crippen molar-refractivity contribution in [3.63, 3.8) is 0 Å². The van der Waals surface area contributed by atoms with E-state index in [1.54, 1.807) is 0 Å². The molecule has 0 aromatic carbocycles. The number of hydrogen-bond acceptors (Lipinski definition) is 7. The second-order valence-corrected chi connectivity index (χ2v) is 3.83. The van der Waals surface area contributed by atoms with Gasteiger partial charge in [0.1, 0.15) is 11.4 Å². The number of thioether (sulfide) groups is 1. The van der Waals surface area contributed by atoms with Crippen LogP contribution in [0.15, 0.2) is 20.0 Å². The number of nitrogens with two attached hydrogens (primary N) is 2. The Kier molecular flexibility index (Phi) is 2.50. The minimum absolute atomic E-state index is 0.127. The van der Waals surface area contributed by atoms with Crippen LogP contribution >= 0.6 is 11.8 Å². The van der Waals surface area contributed by atoms with Gasteiger partial charge in [-0.3, -0.25) is 9.79 Å². The number of hydrogen-bond donors (Lipinski definition) is 2. The average molecular weight is 224 g/mol. The first-order chi connectivity index (χ1) is 7.16. The molecule has 2 aliphatic heterocycles. The molecular formula is C7H8N6OS. The van der Waals surface area contributed by atoms with E-state index < -0.39 is 5.91 Å². The lowest BCUT2D eigenvalue weighted by Gasteiger charge is -2.14. The molecule has 2 rings (SSSR count). The molecule has 1 amide bonds. The highest BCUT2D eigenvalue weighted by molar-refractivity contribution is 8.14. The van der Waals surface area contributed by atoms with E-state index in [4.69, 9.17) is 11.5 Å². The molecule has 0 aromatic rings. The quantitative estimate of drug-likeness (QED) is 0.609. The van der Waals surface area contributed by atoms with Gasteiger partial charge in [-0.05, 0) is 0 Å². The molecule has 0 spiro atoms. The molecule has 0 fully saturated rings. The van der Waals surface area contributed by atoms with Gasteiger partial charge >= 0.3 is 0 Å². The maximum atomic E-state index is 10.6. The molecule has 78 valence electrons. The topological polar surface area (TPSA) is 119 Å². The minimum Gasteiger partial charge on any atom is -0.369 e. The van der Waals surface area contributed by atoms with Crippen LogP contribution in [0.2, 0.25) is 0 Å². The van der Waals surface area contributed by atoms with Gasteiger partial charge in [0.25, 0.3) is 0 Å². The van der Waals surface area contributed by atoms with E-state index in [9.17, 15) is 4.79 Å². The van der Waals surface area contributed by atoms with Gasteiger partial charge in [0.15, 0.2) is 11.9 Å². The molecule has 0 saturated heterocycles. The molecule has 0 radical (unpaired) electrons. The normalized spacial score (nSPS) is 22.9. The number of amidine groups is 1. The minimum atomic E-state index is -0.413. The number of carbonyl (C=O) groups is 1. The summed E-state index contributed by atoms with van der Waals surface area (Å²) in [6.45, 7) is 0. The summed E-state index contributed by atoms with van der Waals surface area (Å²) in [5, 5.41) is 0.605. The number of rotatable bonds is 2. The van der Waals surface area contributed by atoms with E-state index >= 15 is 0 Å². The lowest BCUT2D eigenvalue weighted by molar-refractivity contribution is -0.115. The average Bonchev–Trinajstić information content (AvgIpc) is 2.61. The summed E-state index contributed by atoms with van der Waals surface area (Å²) in [4.78, 5) is 26.5. The molecule has 0 bridgehead atoms. The Labute approximate surface area is 89.5 Å². The predicted molar refractivity (Wildman–Crippen MR) is 60.4 cm³/mol. The summed E-state index contributed by atoms with van der Waals surface area (Å²) in [6, 6.07) is -0.318. The van der Waals surface area contributed by atoms with Crippen LogP contribution in [0.4, 0.5) is 0 Å². The maximum Gasteiger partial charge on any atom is 0.227 e. The summed E-state index contributed by atoms with van der Waals surface area (Å²) < 4.78 is 0. The van der Waals surface area contributed by atoms with Crippen LogP contribution in [-0.4, -0.2) is 40.9 Å². The number of nitrogens with zero attached hydrogens (tertiary/aromatic N) is 4. The summed E-state index contributed by atoms with van der Waals surface area (Å²) >= 11 is 1.21. The van der Waals surface area contributed by atoms with Crippen LogP contribution in [0.5, 0.6) is 0 Å². The fraction of sp³-hybridized carbons (Fsp3) is 0.286. The largest absolute Gasteiger partial charge is 0.369 e. The van der Waals surface area contributed by atoms with Crippen LogP contribution < -0.4 is 11.5 Å². The molecule has 0 aliphatic carbocycles. The summed E-state index contributed by atoms with van der Waals surface area (Å²) in [5.74, 6) is 0.368. The fourth-order valence-corrected chi connectivity index (χ4v) is 1.91. The van der Waals surface area contributed by atoms with Crippen molar-refractivity contribution in [2.75, 3.05) is 5.75 Å². The number of aliphatic imine (C=N–C) groups is 4. The predicted octanol–water partition coefficient (Wildman–Crippen LogP) is -1.26. The van der Waals surface area contributed by atoms with Gasteiger partial charge in [-0.25, -0.2) is 9.98 Å². The van der Waals surface area contributed by atoms with Crippen LogP contribution in [0.3, 0.4) is 0 Å². The second-order valence-electron chi connectivity index (χ2n) is 2.83. The monoisotopic (exact) mass is 224 g/mol. The Bertz CT molecular complexity index is 423. The highest BCUT2D eigenvalue weighted by atomic mass is 32.2. The Morgan fingerprint density at radius 3 is 3.07 bits per heavy atom. The van der Waals surface area contributed by atoms with Crippen LogP contribution in [0.1, 0.15) is 0 Å². The smallest absolute Gasteiger partial charge is 0.227 e. The van der Waals surface area contributed by atoms with E-state index in [-0.39, 0.29) is 17.8 Å². The fourth-order valence-electron chi connectivity index (χ4n) is 1.13. The third kappa shape index (κ3) is 2.04. The lowest BCUT2D eigenvalue weighted by Crippen LogP contribution is -2.32. The highest BCUT2D eigenvalue weighted by Gasteiger charge is 2.28. The Hall–Kier alpha value is -1.70. The van der Waals surface area contributed by atoms with Crippen LogP contribution in [-0.2, 0) is 4.79 Å². The summed E-state index contributed by atoms with van der Waals surface area (Å²) in [5.41, 5.74) is 10.5. The molecule has 0 aromatic heterocycles. The molecular weight excluding hydrogens is 216 g/mol. The van der Waals surface area contributed by atoms with Gasteiger partial charge in [0.05, 0.1) is 5.75 Å². The van der Waals surface area contributed by atoms with E-state index in [0.717, 1.165) is 0 Å². The van der Waals surface area contributed by atoms with E-state index in [2.05, 4.69) is 20.0 Å². The van der Waals surface area contributed by atoms with Crippen molar-refractivity contribution < 1.29 is 4.79 Å². The zero-order valence-corrected chi connectivity index (χ0v) is 8.44. The van der Waals surface area contributed by atoms with Gasteiger partial charge in [0.2, 0.25) is 11.9 Å². The zero-order valence-electron chi connectivity index (χ0n) is 7.62. The number of primary amides is 1. The molecule has 8 heteroatoms. The van der Waals surface area contributed by atoms with Crippen molar-refractivity contribution in [3.8, 4) is 0 Å². The maximum absolute atomic E-state index is 10.6. The van der Waals surface area contributed by atoms with Gasteiger partial charge in [-0.15, -0.1) is 0 Å². The molecule has 15 heavy (non-hydrogen) atoms. The zero-order chi connectivity index (χ0) is 10.8. The molecule has 2 heterocycles. The number of guanidine groups is 1. The first-order valence-corrected chi connectivity index (χ1v) is 5.08. The third-order valence-corrected chi connectivity index (χ3v) is 2.74. The van der Waals surface area contributed by atoms with Crippen molar-refractivity contribution in [1.29, 1.82) is 0 Å². The molecule has 7 nitrogen and oxygen atoms in total. The molecule has 1 unspecified atom stereocenters. The number of carbonyl (C=O) groups excluding carboxylic acids is 1. The molecule has 0 saturated carbocycles. The Morgan fingerprint density at radius 1 is 1.53 bits per heavy atom. The van der Waals surface area contributed by atoms with Gasteiger partial charge in [-0.2, -0.15) is 4.99 Å². The SMILES string of the molecule is NC(=O)CSC1=NC(N)=NC2=NC=NC21. The van der Waals surface area contributed by atoms with Crippen LogP contribution in [0.25, 0.3) is 0 Å². The highest BCUT2D eigenvalue weighted by Crippen LogP contribution is 2.18. The van der Waals surface area contributed by atoms with E-state index in [1.165, 1.54) is 18.1 Å². The van der Waals surface area contributed by atoms with Crippen molar-refractivity contribution in [2.24, 2.45) is 31.4 Å². The van der Waals surface area contributed by atoms with Crippen LogP contribution in [0, 0.1) is 0 Å². The molecule has 2 aliphatic rings. The second kappa shape index (κ2) is 3.81. The van der Waals surface area contributed by atoms with Crippen molar-refractivity contribution in [1.82, 2.24) is 0 Å². The molecule has 4 N–H and O–H groups in total. The van der Waals surface area contributed by atoms with Gasteiger partial charge in [-0.1, -0.05) is 11.8 Å². The van der Waals surface area contributed by atoms with E-state index in [0.29, 0.717) is 10.9 Å². The third-order valence-electron chi connectivity index (χ3n) is 1.70. The number of fused-ring (bicyclic) bond motifs is 1.